The second kappa shape index (κ2) is 8.01. The van der Waals surface area contributed by atoms with Crippen LogP contribution >= 0.6 is 0 Å². The summed E-state index contributed by atoms with van der Waals surface area (Å²) in [5.41, 5.74) is -0.382. The smallest absolute Gasteiger partial charge is 0.416 e. The van der Waals surface area contributed by atoms with Crippen molar-refractivity contribution in [3.63, 3.8) is 0 Å². The summed E-state index contributed by atoms with van der Waals surface area (Å²) in [7, 11) is 0. The zero-order valence-corrected chi connectivity index (χ0v) is 16.0. The van der Waals surface area contributed by atoms with Gasteiger partial charge in [-0.25, -0.2) is 4.98 Å². The first-order valence-electron chi connectivity index (χ1n) is 9.26. The van der Waals surface area contributed by atoms with Crippen molar-refractivity contribution in [2.75, 3.05) is 18.5 Å². The van der Waals surface area contributed by atoms with E-state index >= 15 is 0 Å². The van der Waals surface area contributed by atoms with Crippen LogP contribution in [-0.2, 0) is 16.5 Å². The fourth-order valence-electron chi connectivity index (χ4n) is 2.97. The van der Waals surface area contributed by atoms with E-state index in [0.29, 0.717) is 16.8 Å². The third kappa shape index (κ3) is 4.68. The van der Waals surface area contributed by atoms with Crippen LogP contribution in [-0.4, -0.2) is 29.2 Å². The predicted octanol–water partition coefficient (Wildman–Crippen LogP) is 4.36. The first kappa shape index (κ1) is 20.8. The summed E-state index contributed by atoms with van der Waals surface area (Å²) in [6.07, 6.45) is -3.13. The lowest BCUT2D eigenvalue weighted by atomic mass is 9.91. The Bertz CT molecular complexity index is 1080. The molecule has 1 aliphatic heterocycles. The standard InChI is InChI=1S/C22H17F3N2O4/c23-22(24,25)16-2-1-3-18(10-16)31-19-9-8-17(11-26-19)27-20(28)14-4-6-15(7-5-14)21(29)12-30-13-21/h1-11,29H,12-13H2,(H,27,28). The number of carbonyl (C=O) groups is 1. The van der Waals surface area contributed by atoms with Crippen LogP contribution in [0.25, 0.3) is 0 Å². The van der Waals surface area contributed by atoms with Crippen LogP contribution in [0.4, 0.5) is 18.9 Å². The Kier molecular flexibility index (Phi) is 5.38. The van der Waals surface area contributed by atoms with Gasteiger partial charge < -0.3 is 19.9 Å². The number of ether oxygens (including phenoxy) is 2. The van der Waals surface area contributed by atoms with Crippen molar-refractivity contribution in [3.8, 4) is 11.6 Å². The fourth-order valence-corrected chi connectivity index (χ4v) is 2.97. The molecule has 0 radical (unpaired) electrons. The molecule has 160 valence electrons. The molecular formula is C22H17F3N2O4. The molecule has 1 saturated heterocycles. The van der Waals surface area contributed by atoms with Gasteiger partial charge in [0.25, 0.3) is 5.91 Å². The van der Waals surface area contributed by atoms with E-state index in [-0.39, 0.29) is 30.8 Å². The van der Waals surface area contributed by atoms with Gasteiger partial charge in [-0.15, -0.1) is 0 Å². The molecule has 4 rings (SSSR count). The van der Waals surface area contributed by atoms with Crippen molar-refractivity contribution >= 4 is 11.6 Å². The monoisotopic (exact) mass is 430 g/mol. The Hall–Kier alpha value is -3.43. The summed E-state index contributed by atoms with van der Waals surface area (Å²) in [5, 5.41) is 12.9. The Labute approximate surface area is 175 Å². The van der Waals surface area contributed by atoms with Gasteiger partial charge in [0.15, 0.2) is 0 Å². The quantitative estimate of drug-likeness (QED) is 0.629. The maximum atomic E-state index is 12.8. The van der Waals surface area contributed by atoms with E-state index in [9.17, 15) is 23.1 Å². The van der Waals surface area contributed by atoms with Gasteiger partial charge in [-0.2, -0.15) is 13.2 Å². The number of hydrogen-bond donors (Lipinski definition) is 2. The molecule has 3 aromatic rings. The van der Waals surface area contributed by atoms with Crippen molar-refractivity contribution in [3.05, 3.63) is 83.6 Å². The third-order valence-corrected chi connectivity index (χ3v) is 4.74. The van der Waals surface area contributed by atoms with Gasteiger partial charge in [0.2, 0.25) is 5.88 Å². The van der Waals surface area contributed by atoms with E-state index in [2.05, 4.69) is 10.3 Å². The van der Waals surface area contributed by atoms with E-state index in [1.807, 2.05) is 0 Å². The molecule has 0 unspecified atom stereocenters. The molecule has 1 fully saturated rings. The number of carbonyl (C=O) groups excluding carboxylic acids is 1. The number of hydrogen-bond acceptors (Lipinski definition) is 5. The second-order valence-electron chi connectivity index (χ2n) is 7.07. The largest absolute Gasteiger partial charge is 0.439 e. The number of halogens is 3. The summed E-state index contributed by atoms with van der Waals surface area (Å²) in [6.45, 7) is 0.443. The van der Waals surface area contributed by atoms with E-state index in [4.69, 9.17) is 9.47 Å². The van der Waals surface area contributed by atoms with Gasteiger partial charge in [0.1, 0.15) is 11.4 Å². The molecule has 1 aromatic heterocycles. The van der Waals surface area contributed by atoms with E-state index in [0.717, 1.165) is 12.1 Å². The predicted molar refractivity (Wildman–Crippen MR) is 105 cm³/mol. The van der Waals surface area contributed by atoms with Crippen LogP contribution < -0.4 is 10.1 Å². The zero-order chi connectivity index (χ0) is 22.1. The van der Waals surface area contributed by atoms with Crippen molar-refractivity contribution in [1.82, 2.24) is 4.98 Å². The number of anilines is 1. The number of pyridine rings is 1. The second-order valence-corrected chi connectivity index (χ2v) is 7.07. The Morgan fingerprint density at radius 3 is 2.42 bits per heavy atom. The molecule has 0 spiro atoms. The molecule has 6 nitrogen and oxygen atoms in total. The van der Waals surface area contributed by atoms with Gasteiger partial charge >= 0.3 is 6.18 Å². The lowest BCUT2D eigenvalue weighted by Crippen LogP contribution is -2.46. The minimum atomic E-state index is -4.47. The van der Waals surface area contributed by atoms with Crippen LogP contribution in [0.1, 0.15) is 21.5 Å². The number of benzene rings is 2. The summed E-state index contributed by atoms with van der Waals surface area (Å²) >= 11 is 0. The molecule has 31 heavy (non-hydrogen) atoms. The number of nitrogens with one attached hydrogen (secondary N) is 1. The van der Waals surface area contributed by atoms with Gasteiger partial charge in [0.05, 0.1) is 30.7 Å². The number of amides is 1. The molecule has 0 atom stereocenters. The summed E-state index contributed by atoms with van der Waals surface area (Å²) in [6, 6.07) is 14.0. The maximum absolute atomic E-state index is 12.8. The Morgan fingerprint density at radius 2 is 1.84 bits per heavy atom. The number of rotatable bonds is 5. The van der Waals surface area contributed by atoms with Crippen LogP contribution in [0.3, 0.4) is 0 Å². The first-order valence-corrected chi connectivity index (χ1v) is 9.26. The fraction of sp³-hybridized carbons (Fsp3) is 0.182. The molecule has 0 aliphatic carbocycles. The summed E-state index contributed by atoms with van der Waals surface area (Å²) in [4.78, 5) is 16.4. The molecule has 1 aliphatic rings. The average Bonchev–Trinajstić information content (AvgIpc) is 2.73. The highest BCUT2D eigenvalue weighted by Crippen LogP contribution is 2.32. The van der Waals surface area contributed by atoms with Gasteiger partial charge in [-0.1, -0.05) is 18.2 Å². The molecule has 1 amide bonds. The minimum Gasteiger partial charge on any atom is -0.439 e. The van der Waals surface area contributed by atoms with Crippen molar-refractivity contribution in [1.29, 1.82) is 0 Å². The number of nitrogens with zero attached hydrogens (tertiary/aromatic N) is 1. The number of aliphatic hydroxyl groups is 1. The van der Waals surface area contributed by atoms with E-state index in [1.165, 1.54) is 30.5 Å². The highest BCUT2D eigenvalue weighted by Gasteiger charge is 2.37. The SMILES string of the molecule is O=C(Nc1ccc(Oc2cccc(C(F)(F)F)c2)nc1)c1ccc(C2(O)COC2)cc1. The van der Waals surface area contributed by atoms with Crippen LogP contribution in [0, 0.1) is 0 Å². The molecule has 2 heterocycles. The minimum absolute atomic E-state index is 0.00211. The van der Waals surface area contributed by atoms with Crippen LogP contribution in [0.15, 0.2) is 66.9 Å². The summed E-state index contributed by atoms with van der Waals surface area (Å²) in [5.74, 6) is -0.299. The lowest BCUT2D eigenvalue weighted by molar-refractivity contribution is -0.184. The van der Waals surface area contributed by atoms with Crippen molar-refractivity contribution < 1.29 is 32.5 Å². The third-order valence-electron chi connectivity index (χ3n) is 4.74. The number of alkyl halides is 3. The van der Waals surface area contributed by atoms with Crippen LogP contribution in [0.5, 0.6) is 11.6 Å². The highest BCUT2D eigenvalue weighted by atomic mass is 19.4. The first-order chi connectivity index (χ1) is 14.7. The maximum Gasteiger partial charge on any atom is 0.416 e. The van der Waals surface area contributed by atoms with Gasteiger partial charge in [-0.3, -0.25) is 4.79 Å². The van der Waals surface area contributed by atoms with Crippen molar-refractivity contribution in [2.45, 2.75) is 11.8 Å². The normalized spacial score (nSPS) is 15.1. The average molecular weight is 430 g/mol. The van der Waals surface area contributed by atoms with Crippen LogP contribution in [0.2, 0.25) is 0 Å². The van der Waals surface area contributed by atoms with E-state index in [1.54, 1.807) is 24.3 Å². The molecule has 0 bridgehead atoms. The van der Waals surface area contributed by atoms with Gasteiger partial charge in [0, 0.05) is 11.6 Å². The van der Waals surface area contributed by atoms with E-state index < -0.39 is 17.3 Å². The number of aromatic nitrogens is 1. The Balaban J connectivity index is 1.39. The molecule has 2 N–H and O–H groups in total. The zero-order valence-electron chi connectivity index (χ0n) is 16.0. The topological polar surface area (TPSA) is 80.7 Å². The van der Waals surface area contributed by atoms with Crippen molar-refractivity contribution in [2.24, 2.45) is 0 Å². The Morgan fingerprint density at radius 1 is 1.10 bits per heavy atom. The molecule has 0 saturated carbocycles. The molecule has 2 aromatic carbocycles. The lowest BCUT2D eigenvalue weighted by Gasteiger charge is -2.36. The van der Waals surface area contributed by atoms with Gasteiger partial charge in [-0.05, 0) is 42.0 Å². The summed E-state index contributed by atoms with van der Waals surface area (Å²) < 4.78 is 48.8. The molecular weight excluding hydrogens is 413 g/mol. The molecule has 9 heteroatoms. The highest BCUT2D eigenvalue weighted by molar-refractivity contribution is 6.04.